The molecule has 0 aromatic rings. The van der Waals surface area contributed by atoms with Crippen LogP contribution in [-0.2, 0) is 38.4 Å². The van der Waals surface area contributed by atoms with Gasteiger partial charge in [0.2, 0.25) is 0 Å². The monoisotopic (exact) mass is 540 g/mol. The molecule has 0 bridgehead atoms. The van der Waals surface area contributed by atoms with Gasteiger partial charge in [-0.3, -0.25) is 59.6 Å². The van der Waals surface area contributed by atoms with E-state index in [1.807, 2.05) is 13.8 Å². The van der Waals surface area contributed by atoms with Crippen LogP contribution in [0.5, 0.6) is 0 Å². The normalized spacial score (nSPS) is 19.8. The maximum Gasteiger partial charge on any atom is 0.254 e. The molecule has 39 heavy (non-hydrogen) atoms. The van der Waals surface area contributed by atoms with Crippen LogP contribution in [0.3, 0.4) is 0 Å². The highest BCUT2D eigenvalue weighted by molar-refractivity contribution is 6.20. The predicted octanol–water partition coefficient (Wildman–Crippen LogP) is 0.841. The Bertz CT molecular complexity index is 1190. The lowest BCUT2D eigenvalue weighted by atomic mass is 9.93. The van der Waals surface area contributed by atoms with Crippen molar-refractivity contribution in [2.75, 3.05) is 0 Å². The summed E-state index contributed by atoms with van der Waals surface area (Å²) in [6.07, 6.45) is 6.21. The minimum atomic E-state index is -0.312. The maximum absolute atomic E-state index is 11.0. The Morgan fingerprint density at radius 3 is 1.18 bits per heavy atom. The molecular formula is C27H32N4O8. The van der Waals surface area contributed by atoms with Crippen LogP contribution < -0.4 is 21.3 Å². The van der Waals surface area contributed by atoms with Crippen molar-refractivity contribution in [3.05, 3.63) is 45.1 Å². The lowest BCUT2D eigenvalue weighted by Gasteiger charge is -2.08. The Kier molecular flexibility index (Phi) is 10.5. The molecule has 0 atom stereocenters. The molecule has 0 saturated carbocycles. The van der Waals surface area contributed by atoms with Gasteiger partial charge in [0, 0.05) is 45.1 Å². The van der Waals surface area contributed by atoms with Gasteiger partial charge in [0.1, 0.15) is 0 Å². The number of amides is 8. The molecule has 0 aromatic carbocycles. The van der Waals surface area contributed by atoms with Gasteiger partial charge >= 0.3 is 0 Å². The standard InChI is InChI=1S/C8H9NO2.C8H11NO2.C6H7NO2.C5H5NO2/c10-7-5-3-1-2-4-6(5)8(11)9-7;1-3-5-6(4-2)8(11)9-7(5)10;1-3-4(2)6(9)7-5(3)8;1-3-2-4(7)6-5(3)8/h1-4H2,(H,9,10,11);3-4H2,1-2H3,(H,9,10,11);1-2H3,(H,7,8,9);2H,1H3,(H,6,7,8). The third kappa shape index (κ3) is 7.53. The van der Waals surface area contributed by atoms with E-state index in [2.05, 4.69) is 21.3 Å². The Labute approximate surface area is 225 Å². The topological polar surface area (TPSA) is 185 Å². The molecule has 5 rings (SSSR count). The van der Waals surface area contributed by atoms with E-state index in [0.717, 1.165) is 36.8 Å². The smallest absolute Gasteiger partial charge is 0.254 e. The van der Waals surface area contributed by atoms with Crippen molar-refractivity contribution < 1.29 is 38.4 Å². The fourth-order valence-electron chi connectivity index (χ4n) is 4.08. The van der Waals surface area contributed by atoms with E-state index in [1.165, 1.54) is 6.08 Å². The molecule has 0 unspecified atom stereocenters. The fraction of sp³-hybridized carbons (Fsp3) is 0.407. The lowest BCUT2D eigenvalue weighted by molar-refractivity contribution is -0.125. The van der Waals surface area contributed by atoms with Gasteiger partial charge in [-0.1, -0.05) is 13.8 Å². The van der Waals surface area contributed by atoms with E-state index in [-0.39, 0.29) is 47.3 Å². The molecular weight excluding hydrogens is 508 g/mol. The van der Waals surface area contributed by atoms with Gasteiger partial charge in [0.05, 0.1) is 0 Å². The third-order valence-electron chi connectivity index (χ3n) is 6.50. The van der Waals surface area contributed by atoms with E-state index in [1.54, 1.807) is 20.8 Å². The average molecular weight is 541 g/mol. The molecule has 4 N–H and O–H groups in total. The Balaban J connectivity index is 0.000000184. The van der Waals surface area contributed by atoms with Crippen molar-refractivity contribution >= 4 is 47.3 Å². The molecule has 0 saturated heterocycles. The van der Waals surface area contributed by atoms with E-state index in [9.17, 15) is 38.4 Å². The molecule has 8 amide bonds. The molecule has 0 spiro atoms. The average Bonchev–Trinajstić information content (AvgIpc) is 3.53. The molecule has 0 radical (unpaired) electrons. The molecule has 5 aliphatic rings. The largest absolute Gasteiger partial charge is 0.289 e. The van der Waals surface area contributed by atoms with Crippen LogP contribution in [0, 0.1) is 0 Å². The molecule has 1 aliphatic carbocycles. The summed E-state index contributed by atoms with van der Waals surface area (Å²) in [5.41, 5.74) is 4.31. The number of nitrogens with one attached hydrogen (secondary N) is 4. The molecule has 0 aromatic heterocycles. The number of carbonyl (C=O) groups is 8. The number of hydrogen-bond acceptors (Lipinski definition) is 8. The van der Waals surface area contributed by atoms with Gasteiger partial charge in [-0.25, -0.2) is 0 Å². The summed E-state index contributed by atoms with van der Waals surface area (Å²) >= 11 is 0. The summed E-state index contributed by atoms with van der Waals surface area (Å²) < 4.78 is 0. The lowest BCUT2D eigenvalue weighted by Crippen LogP contribution is -2.23. The van der Waals surface area contributed by atoms with Crippen LogP contribution in [0.25, 0.3) is 0 Å². The fourth-order valence-corrected chi connectivity index (χ4v) is 4.08. The Morgan fingerprint density at radius 2 is 0.923 bits per heavy atom. The minimum Gasteiger partial charge on any atom is -0.289 e. The van der Waals surface area contributed by atoms with E-state index in [4.69, 9.17) is 0 Å². The quantitative estimate of drug-likeness (QED) is 0.371. The van der Waals surface area contributed by atoms with Crippen LogP contribution in [0.1, 0.15) is 73.1 Å². The van der Waals surface area contributed by atoms with Crippen LogP contribution in [0.15, 0.2) is 45.1 Å². The first-order valence-corrected chi connectivity index (χ1v) is 12.5. The van der Waals surface area contributed by atoms with Crippen molar-refractivity contribution in [3.8, 4) is 0 Å². The van der Waals surface area contributed by atoms with Crippen molar-refractivity contribution in [2.45, 2.75) is 73.1 Å². The first kappa shape index (κ1) is 30.7. The van der Waals surface area contributed by atoms with Gasteiger partial charge in [0.15, 0.2) is 0 Å². The van der Waals surface area contributed by atoms with Crippen LogP contribution in [0.4, 0.5) is 0 Å². The summed E-state index contributed by atoms with van der Waals surface area (Å²) in [6, 6.07) is 0. The van der Waals surface area contributed by atoms with Gasteiger partial charge in [-0.2, -0.15) is 0 Å². The van der Waals surface area contributed by atoms with Gasteiger partial charge in [-0.05, 0) is 59.3 Å². The zero-order valence-corrected chi connectivity index (χ0v) is 22.6. The van der Waals surface area contributed by atoms with Gasteiger partial charge < -0.3 is 0 Å². The van der Waals surface area contributed by atoms with Crippen LogP contribution in [-0.4, -0.2) is 47.3 Å². The highest BCUT2D eigenvalue weighted by atomic mass is 16.2. The molecule has 12 heteroatoms. The zero-order chi connectivity index (χ0) is 29.4. The maximum atomic E-state index is 11.0. The number of carbonyl (C=O) groups excluding carboxylic acids is 8. The molecule has 4 aliphatic heterocycles. The molecule has 12 nitrogen and oxygen atoms in total. The third-order valence-corrected chi connectivity index (χ3v) is 6.50. The first-order chi connectivity index (χ1) is 18.3. The highest BCUT2D eigenvalue weighted by Gasteiger charge is 2.31. The highest BCUT2D eigenvalue weighted by Crippen LogP contribution is 2.28. The SMILES string of the molecule is CC1=C(C)C(=O)NC1=O.CC1=CC(=O)NC1=O.CCC1=C(CC)C(=O)NC1=O.O=C1NC(=O)C2=C1CCCC2. The Hall–Kier alpha value is -4.48. The van der Waals surface area contributed by atoms with Crippen molar-refractivity contribution in [1.29, 1.82) is 0 Å². The second-order valence-electron chi connectivity index (χ2n) is 9.07. The molecule has 208 valence electrons. The predicted molar refractivity (Wildman–Crippen MR) is 138 cm³/mol. The summed E-state index contributed by atoms with van der Waals surface area (Å²) in [7, 11) is 0. The van der Waals surface area contributed by atoms with Crippen molar-refractivity contribution in [3.63, 3.8) is 0 Å². The van der Waals surface area contributed by atoms with E-state index < -0.39 is 0 Å². The summed E-state index contributed by atoms with van der Waals surface area (Å²) in [5.74, 6) is -1.88. The summed E-state index contributed by atoms with van der Waals surface area (Å²) in [4.78, 5) is 85.9. The molecule has 4 heterocycles. The van der Waals surface area contributed by atoms with Crippen molar-refractivity contribution in [2.24, 2.45) is 0 Å². The summed E-state index contributed by atoms with van der Waals surface area (Å²) in [6.45, 7) is 8.62. The van der Waals surface area contributed by atoms with Crippen molar-refractivity contribution in [1.82, 2.24) is 21.3 Å². The zero-order valence-electron chi connectivity index (χ0n) is 22.6. The van der Waals surface area contributed by atoms with Crippen LogP contribution in [0.2, 0.25) is 0 Å². The Morgan fingerprint density at radius 1 is 0.538 bits per heavy atom. The van der Waals surface area contributed by atoms with Crippen LogP contribution >= 0.6 is 0 Å². The first-order valence-electron chi connectivity index (χ1n) is 12.5. The molecule has 0 fully saturated rings. The van der Waals surface area contributed by atoms with Gasteiger partial charge in [0.25, 0.3) is 47.3 Å². The van der Waals surface area contributed by atoms with E-state index in [0.29, 0.717) is 40.7 Å². The number of imide groups is 4. The van der Waals surface area contributed by atoms with Gasteiger partial charge in [-0.15, -0.1) is 0 Å². The van der Waals surface area contributed by atoms with E-state index >= 15 is 0 Å². The number of hydrogen-bond donors (Lipinski definition) is 4. The summed E-state index contributed by atoms with van der Waals surface area (Å²) in [5, 5.41) is 8.83. The minimum absolute atomic E-state index is 0.162. The number of rotatable bonds is 2. The second kappa shape index (κ2) is 13.4. The second-order valence-corrected chi connectivity index (χ2v) is 9.07.